The maximum absolute atomic E-state index is 9.37. The van der Waals surface area contributed by atoms with Crippen LogP contribution < -0.4 is 10.2 Å². The fraction of sp³-hybridized carbons (Fsp3) is 0.565. The van der Waals surface area contributed by atoms with E-state index >= 15 is 0 Å². The molecule has 2 N–H and O–H groups in total. The predicted octanol–water partition coefficient (Wildman–Crippen LogP) is 3.72. The second-order valence-corrected chi connectivity index (χ2v) is 9.54. The summed E-state index contributed by atoms with van der Waals surface area (Å²) in [4.78, 5) is 13.4. The lowest BCUT2D eigenvalue weighted by molar-refractivity contribution is -0.0552. The number of aliphatic hydroxyl groups is 1. The predicted molar refractivity (Wildman–Crippen MR) is 120 cm³/mol. The van der Waals surface area contributed by atoms with Crippen molar-refractivity contribution in [2.75, 3.05) is 35.7 Å². The third-order valence-corrected chi connectivity index (χ3v) is 7.81. The van der Waals surface area contributed by atoms with Gasteiger partial charge in [-0.15, -0.1) is 11.8 Å². The maximum Gasteiger partial charge on any atom is 0.227 e. The van der Waals surface area contributed by atoms with E-state index in [4.69, 9.17) is 14.7 Å². The van der Waals surface area contributed by atoms with Gasteiger partial charge in [-0.1, -0.05) is 31.2 Å². The van der Waals surface area contributed by atoms with Gasteiger partial charge >= 0.3 is 0 Å². The number of thioether (sulfide) groups is 1. The molecule has 6 nitrogen and oxygen atoms in total. The molecule has 30 heavy (non-hydrogen) atoms. The third-order valence-electron chi connectivity index (χ3n) is 6.69. The Bertz CT molecular complexity index is 914. The van der Waals surface area contributed by atoms with Gasteiger partial charge in [-0.25, -0.2) is 4.98 Å². The number of fused-ring (bicyclic) bond motifs is 3. The van der Waals surface area contributed by atoms with E-state index in [1.807, 2.05) is 11.8 Å². The number of anilines is 2. The van der Waals surface area contributed by atoms with Crippen LogP contribution in [0, 0.1) is 0 Å². The zero-order chi connectivity index (χ0) is 20.6. The highest BCUT2D eigenvalue weighted by atomic mass is 32.2. The lowest BCUT2D eigenvalue weighted by Crippen LogP contribution is -2.43. The molecule has 7 heteroatoms. The first-order valence-electron chi connectivity index (χ1n) is 11.1. The van der Waals surface area contributed by atoms with Gasteiger partial charge in [0.05, 0.1) is 22.8 Å². The summed E-state index contributed by atoms with van der Waals surface area (Å²) in [6.45, 7) is 4.85. The zero-order valence-corrected chi connectivity index (χ0v) is 18.4. The van der Waals surface area contributed by atoms with Crippen molar-refractivity contribution in [3.8, 4) is 0 Å². The number of hydrogen-bond donors (Lipinski definition) is 2. The van der Waals surface area contributed by atoms with E-state index in [9.17, 15) is 5.11 Å². The summed E-state index contributed by atoms with van der Waals surface area (Å²) in [5.41, 5.74) is 3.72. The largest absolute Gasteiger partial charge is 0.396 e. The van der Waals surface area contributed by atoms with Crippen molar-refractivity contribution in [2.45, 2.75) is 62.2 Å². The molecule has 3 aliphatic rings. The molecule has 160 valence electrons. The first-order valence-corrected chi connectivity index (χ1v) is 12.1. The molecule has 0 amide bonds. The van der Waals surface area contributed by atoms with Gasteiger partial charge in [-0.05, 0) is 36.8 Å². The highest BCUT2D eigenvalue weighted by Crippen LogP contribution is 2.45. The molecule has 1 aromatic carbocycles. The molecule has 1 fully saturated rings. The van der Waals surface area contributed by atoms with E-state index in [0.29, 0.717) is 0 Å². The highest BCUT2D eigenvalue weighted by Gasteiger charge is 2.43. The maximum atomic E-state index is 9.37. The van der Waals surface area contributed by atoms with Crippen LogP contribution in [0.1, 0.15) is 49.4 Å². The quantitative estimate of drug-likeness (QED) is 0.729. The van der Waals surface area contributed by atoms with Gasteiger partial charge in [-0.2, -0.15) is 4.98 Å². The minimum atomic E-state index is -0.144. The average molecular weight is 427 g/mol. The number of piperidine rings is 1. The van der Waals surface area contributed by atoms with E-state index in [0.717, 1.165) is 75.0 Å². The van der Waals surface area contributed by atoms with Crippen LogP contribution >= 0.6 is 11.8 Å². The lowest BCUT2D eigenvalue weighted by Gasteiger charge is -2.39. The Morgan fingerprint density at radius 2 is 2.10 bits per heavy atom. The van der Waals surface area contributed by atoms with Crippen LogP contribution in [0.3, 0.4) is 0 Å². The standard InChI is InChI=1S/C23H30N4O2S/c1-2-17(7-13-28)24-21-20-19(8-14-30-20)25-22(26-21)27-11-9-23(10-12-27)18-6-4-3-5-16(18)15-29-23/h3-6,17,28H,2,7-15H2,1H3,(H,24,25,26). The fourth-order valence-electron chi connectivity index (χ4n) is 4.89. The molecule has 5 rings (SSSR count). The SMILES string of the molecule is CCC(CCO)Nc1nc(N2CCC3(CC2)OCc2ccccc23)nc2c1SCC2. The highest BCUT2D eigenvalue weighted by molar-refractivity contribution is 7.99. The first kappa shape index (κ1) is 20.1. The van der Waals surface area contributed by atoms with Crippen molar-refractivity contribution < 1.29 is 9.84 Å². The van der Waals surface area contributed by atoms with E-state index in [1.165, 1.54) is 16.0 Å². The molecule has 2 aromatic rings. The molecule has 0 bridgehead atoms. The van der Waals surface area contributed by atoms with E-state index in [2.05, 4.69) is 41.4 Å². The molecule has 3 aliphatic heterocycles. The number of nitrogens with zero attached hydrogens (tertiary/aromatic N) is 3. The molecule has 1 unspecified atom stereocenters. The van der Waals surface area contributed by atoms with E-state index < -0.39 is 0 Å². The van der Waals surface area contributed by atoms with Crippen molar-refractivity contribution in [2.24, 2.45) is 0 Å². The van der Waals surface area contributed by atoms with Crippen LogP contribution in [0.25, 0.3) is 0 Å². The molecule has 1 saturated heterocycles. The normalized spacial score (nSPS) is 20.3. The van der Waals surface area contributed by atoms with Gasteiger partial charge in [0.15, 0.2) is 0 Å². The summed E-state index contributed by atoms with van der Waals surface area (Å²) < 4.78 is 6.32. The number of nitrogens with one attached hydrogen (secondary N) is 1. The second-order valence-electron chi connectivity index (χ2n) is 8.44. The lowest BCUT2D eigenvalue weighted by atomic mass is 9.84. The molecule has 1 aromatic heterocycles. The molecule has 0 radical (unpaired) electrons. The van der Waals surface area contributed by atoms with Crippen LogP contribution in [-0.4, -0.2) is 46.6 Å². The van der Waals surface area contributed by atoms with Crippen molar-refractivity contribution in [1.82, 2.24) is 9.97 Å². The summed E-state index contributed by atoms with van der Waals surface area (Å²) in [5, 5.41) is 13.0. The van der Waals surface area contributed by atoms with E-state index in [-0.39, 0.29) is 18.2 Å². The number of aliphatic hydroxyl groups excluding tert-OH is 1. The summed E-state index contributed by atoms with van der Waals surface area (Å²) in [6, 6.07) is 8.87. The van der Waals surface area contributed by atoms with Crippen LogP contribution in [0.5, 0.6) is 0 Å². The van der Waals surface area contributed by atoms with Crippen LogP contribution in [0.4, 0.5) is 11.8 Å². The number of aromatic nitrogens is 2. The summed E-state index contributed by atoms with van der Waals surface area (Å²) >= 11 is 1.84. The topological polar surface area (TPSA) is 70.5 Å². The first-order chi connectivity index (χ1) is 14.7. The van der Waals surface area contributed by atoms with Gasteiger partial charge in [0, 0.05) is 37.9 Å². The second kappa shape index (κ2) is 8.36. The van der Waals surface area contributed by atoms with Crippen LogP contribution in [-0.2, 0) is 23.4 Å². The van der Waals surface area contributed by atoms with Gasteiger partial charge < -0.3 is 20.1 Å². The van der Waals surface area contributed by atoms with Crippen molar-refractivity contribution in [3.05, 3.63) is 41.1 Å². The smallest absolute Gasteiger partial charge is 0.227 e. The summed E-state index contributed by atoms with van der Waals surface area (Å²) in [5.74, 6) is 2.84. The van der Waals surface area contributed by atoms with Gasteiger partial charge in [-0.3, -0.25) is 0 Å². The van der Waals surface area contributed by atoms with Crippen molar-refractivity contribution in [3.63, 3.8) is 0 Å². The number of rotatable bonds is 6. The minimum absolute atomic E-state index is 0.144. The van der Waals surface area contributed by atoms with Gasteiger partial charge in [0.2, 0.25) is 5.95 Å². The zero-order valence-electron chi connectivity index (χ0n) is 17.6. The Kier molecular flexibility index (Phi) is 5.60. The summed E-state index contributed by atoms with van der Waals surface area (Å²) in [6.07, 6.45) is 4.62. The minimum Gasteiger partial charge on any atom is -0.396 e. The molecule has 1 spiro atoms. The Morgan fingerprint density at radius 3 is 2.90 bits per heavy atom. The molecular formula is C23H30N4O2S. The molecule has 0 aliphatic carbocycles. The Morgan fingerprint density at radius 1 is 1.27 bits per heavy atom. The van der Waals surface area contributed by atoms with Crippen molar-refractivity contribution >= 4 is 23.5 Å². The fourth-order valence-corrected chi connectivity index (χ4v) is 5.94. The molecule has 4 heterocycles. The van der Waals surface area contributed by atoms with Crippen LogP contribution in [0.15, 0.2) is 29.2 Å². The molecular weight excluding hydrogens is 396 g/mol. The number of hydrogen-bond acceptors (Lipinski definition) is 7. The molecule has 1 atom stereocenters. The van der Waals surface area contributed by atoms with E-state index in [1.54, 1.807) is 0 Å². The number of benzene rings is 1. The number of ether oxygens (including phenoxy) is 1. The van der Waals surface area contributed by atoms with Gasteiger partial charge in [0.25, 0.3) is 0 Å². The van der Waals surface area contributed by atoms with Crippen LogP contribution in [0.2, 0.25) is 0 Å². The van der Waals surface area contributed by atoms with Gasteiger partial charge in [0.1, 0.15) is 5.82 Å². The van der Waals surface area contributed by atoms with Crippen molar-refractivity contribution in [1.29, 1.82) is 0 Å². The summed E-state index contributed by atoms with van der Waals surface area (Å²) in [7, 11) is 0. The Labute approximate surface area is 182 Å². The monoisotopic (exact) mass is 426 g/mol. The Balaban J connectivity index is 1.36. The number of aryl methyl sites for hydroxylation is 1. The molecule has 0 saturated carbocycles. The Hall–Kier alpha value is -1.83. The average Bonchev–Trinajstić information content (AvgIpc) is 3.40. The third kappa shape index (κ3) is 3.57.